The fourth-order valence-corrected chi connectivity index (χ4v) is 6.45. The van der Waals surface area contributed by atoms with Crippen LogP contribution in [0.5, 0.6) is 0 Å². The smallest absolute Gasteiger partial charge is 0.144 e. The van der Waals surface area contributed by atoms with E-state index in [1.165, 1.54) is 0 Å². The van der Waals surface area contributed by atoms with Gasteiger partial charge in [0.1, 0.15) is 22.3 Å². The predicted octanol–water partition coefficient (Wildman–Crippen LogP) is 12.1. The molecule has 0 amide bonds. The standard InChI is InChI=1S/C32H14Cl4O2/c33-18-3-7-20-17(9-18)10-27(36)30-23-6-2-16(12-29(23)38-32(20)30)15-1-5-21-25-14-26(35)24-13-19(34)4-8-22(24)31(25)37-28(21)11-15/h1-14H. The third kappa shape index (κ3) is 3.22. The molecule has 0 aliphatic heterocycles. The number of benzene rings is 6. The highest BCUT2D eigenvalue weighted by Crippen LogP contribution is 2.42. The van der Waals surface area contributed by atoms with E-state index >= 15 is 0 Å². The molecule has 182 valence electrons. The maximum atomic E-state index is 6.70. The van der Waals surface area contributed by atoms with Gasteiger partial charge in [-0.2, -0.15) is 0 Å². The molecule has 0 unspecified atom stereocenters. The van der Waals surface area contributed by atoms with Gasteiger partial charge in [0.2, 0.25) is 0 Å². The van der Waals surface area contributed by atoms with Crippen molar-refractivity contribution in [2.75, 3.05) is 0 Å². The molecular formula is C32H14Cl4O2. The minimum atomic E-state index is 0.635. The highest BCUT2D eigenvalue weighted by Gasteiger charge is 2.17. The Morgan fingerprint density at radius 2 is 1.05 bits per heavy atom. The Labute approximate surface area is 235 Å². The molecule has 0 atom stereocenters. The molecule has 2 aromatic heterocycles. The molecule has 0 bridgehead atoms. The van der Waals surface area contributed by atoms with Crippen LogP contribution in [0.1, 0.15) is 0 Å². The number of furan rings is 2. The number of hydrogen-bond donors (Lipinski definition) is 0. The van der Waals surface area contributed by atoms with Gasteiger partial charge in [0.05, 0.1) is 5.02 Å². The second kappa shape index (κ2) is 8.05. The van der Waals surface area contributed by atoms with E-state index in [-0.39, 0.29) is 0 Å². The van der Waals surface area contributed by atoms with Crippen molar-refractivity contribution in [3.05, 3.63) is 105 Å². The molecule has 2 heterocycles. The van der Waals surface area contributed by atoms with Crippen molar-refractivity contribution in [1.29, 1.82) is 0 Å². The van der Waals surface area contributed by atoms with Gasteiger partial charge in [-0.05, 0) is 89.3 Å². The van der Waals surface area contributed by atoms with E-state index in [0.717, 1.165) is 76.5 Å². The molecule has 0 fully saturated rings. The molecule has 6 heteroatoms. The summed E-state index contributed by atoms with van der Waals surface area (Å²) in [4.78, 5) is 0. The molecule has 8 rings (SSSR count). The van der Waals surface area contributed by atoms with Crippen LogP contribution in [-0.4, -0.2) is 0 Å². The third-order valence-corrected chi connectivity index (χ3v) is 8.37. The minimum Gasteiger partial charge on any atom is -0.455 e. The zero-order chi connectivity index (χ0) is 25.7. The Bertz CT molecular complexity index is 2290. The van der Waals surface area contributed by atoms with E-state index in [4.69, 9.17) is 55.2 Å². The normalized spacial score (nSPS) is 12.2. The van der Waals surface area contributed by atoms with Crippen LogP contribution in [0.25, 0.3) is 76.5 Å². The van der Waals surface area contributed by atoms with E-state index in [1.54, 1.807) is 0 Å². The van der Waals surface area contributed by atoms with Crippen molar-refractivity contribution in [2.45, 2.75) is 0 Å². The summed E-state index contributed by atoms with van der Waals surface area (Å²) in [5.41, 5.74) is 5.13. The quantitative estimate of drug-likeness (QED) is 0.196. The highest BCUT2D eigenvalue weighted by atomic mass is 35.5. The first kappa shape index (κ1) is 22.6. The minimum absolute atomic E-state index is 0.635. The van der Waals surface area contributed by atoms with Gasteiger partial charge in [-0.25, -0.2) is 0 Å². The number of fused-ring (bicyclic) bond motifs is 10. The first-order valence-corrected chi connectivity index (χ1v) is 13.4. The SMILES string of the molecule is Clc1ccc2c(c1)cc(Cl)c1c3ccc(-c4ccc5c(c4)oc4c6ccc(Cl)cc6c(Cl)cc54)cc3oc21. The van der Waals surface area contributed by atoms with Gasteiger partial charge < -0.3 is 8.83 Å². The summed E-state index contributed by atoms with van der Waals surface area (Å²) in [6, 6.07) is 27.7. The van der Waals surface area contributed by atoms with Gasteiger partial charge in [0, 0.05) is 52.8 Å². The topological polar surface area (TPSA) is 26.3 Å². The molecule has 2 nitrogen and oxygen atoms in total. The molecule has 0 aliphatic carbocycles. The van der Waals surface area contributed by atoms with Crippen molar-refractivity contribution >= 4 is 112 Å². The van der Waals surface area contributed by atoms with Gasteiger partial charge >= 0.3 is 0 Å². The van der Waals surface area contributed by atoms with Crippen LogP contribution in [0.3, 0.4) is 0 Å². The molecule has 0 saturated heterocycles. The molecule has 0 spiro atoms. The van der Waals surface area contributed by atoms with E-state index in [0.29, 0.717) is 20.1 Å². The molecule has 38 heavy (non-hydrogen) atoms. The molecule has 8 aromatic rings. The van der Waals surface area contributed by atoms with Crippen LogP contribution in [0.15, 0.2) is 93.8 Å². The maximum absolute atomic E-state index is 6.70. The van der Waals surface area contributed by atoms with Crippen molar-refractivity contribution in [1.82, 2.24) is 0 Å². The first-order valence-electron chi connectivity index (χ1n) is 11.9. The van der Waals surface area contributed by atoms with Crippen LogP contribution < -0.4 is 0 Å². The van der Waals surface area contributed by atoms with E-state index in [1.807, 2.05) is 54.6 Å². The summed E-state index contributed by atoms with van der Waals surface area (Å²) in [7, 11) is 0. The zero-order valence-electron chi connectivity index (χ0n) is 19.4. The summed E-state index contributed by atoms with van der Waals surface area (Å²) < 4.78 is 12.8. The van der Waals surface area contributed by atoms with Gasteiger partial charge in [-0.1, -0.05) is 58.5 Å². The van der Waals surface area contributed by atoms with Crippen molar-refractivity contribution in [3.8, 4) is 11.1 Å². The van der Waals surface area contributed by atoms with Crippen LogP contribution in [0, 0.1) is 0 Å². The fourth-order valence-electron chi connectivity index (χ4n) is 5.53. The van der Waals surface area contributed by atoms with Crippen molar-refractivity contribution in [3.63, 3.8) is 0 Å². The summed E-state index contributed by atoms with van der Waals surface area (Å²) in [5, 5.41) is 10.1. The molecule has 0 saturated carbocycles. The third-order valence-electron chi connectivity index (χ3n) is 7.29. The van der Waals surface area contributed by atoms with Gasteiger partial charge in [0.25, 0.3) is 0 Å². The fraction of sp³-hybridized carbons (Fsp3) is 0. The van der Waals surface area contributed by atoms with E-state index < -0.39 is 0 Å². The molecule has 0 N–H and O–H groups in total. The zero-order valence-corrected chi connectivity index (χ0v) is 22.4. The average molecular weight is 572 g/mol. The largest absolute Gasteiger partial charge is 0.455 e. The Kier molecular flexibility index (Phi) is 4.78. The van der Waals surface area contributed by atoms with E-state index in [9.17, 15) is 0 Å². The lowest BCUT2D eigenvalue weighted by Crippen LogP contribution is -1.78. The average Bonchev–Trinajstić information content (AvgIpc) is 3.47. The number of hydrogen-bond acceptors (Lipinski definition) is 2. The molecule has 0 aliphatic rings. The van der Waals surface area contributed by atoms with Gasteiger partial charge in [-0.3, -0.25) is 0 Å². The Morgan fingerprint density at radius 1 is 0.421 bits per heavy atom. The summed E-state index contributed by atoms with van der Waals surface area (Å²) >= 11 is 25.7. The summed E-state index contributed by atoms with van der Waals surface area (Å²) in [6.45, 7) is 0. The maximum Gasteiger partial charge on any atom is 0.144 e. The van der Waals surface area contributed by atoms with Crippen LogP contribution in [-0.2, 0) is 0 Å². The monoisotopic (exact) mass is 570 g/mol. The Morgan fingerprint density at radius 3 is 1.84 bits per heavy atom. The highest BCUT2D eigenvalue weighted by molar-refractivity contribution is 6.41. The van der Waals surface area contributed by atoms with Crippen molar-refractivity contribution < 1.29 is 8.83 Å². The summed E-state index contributed by atoms with van der Waals surface area (Å²) in [5.74, 6) is 0. The second-order valence-corrected chi connectivity index (χ2v) is 11.2. The first-order chi connectivity index (χ1) is 18.4. The lowest BCUT2D eigenvalue weighted by atomic mass is 10.0. The number of rotatable bonds is 1. The number of halogens is 4. The Hall–Kier alpha value is -3.40. The van der Waals surface area contributed by atoms with Crippen LogP contribution >= 0.6 is 46.4 Å². The van der Waals surface area contributed by atoms with Crippen LogP contribution in [0.2, 0.25) is 20.1 Å². The van der Waals surface area contributed by atoms with E-state index in [2.05, 4.69) is 30.3 Å². The van der Waals surface area contributed by atoms with Crippen LogP contribution in [0.4, 0.5) is 0 Å². The predicted molar refractivity (Wildman–Crippen MR) is 161 cm³/mol. The molecule has 0 radical (unpaired) electrons. The van der Waals surface area contributed by atoms with Gasteiger partial charge in [-0.15, -0.1) is 0 Å². The lowest BCUT2D eigenvalue weighted by Gasteiger charge is -2.03. The lowest BCUT2D eigenvalue weighted by molar-refractivity contribution is 0.672. The molecule has 6 aromatic carbocycles. The molecular weight excluding hydrogens is 558 g/mol. The van der Waals surface area contributed by atoms with Crippen molar-refractivity contribution in [2.24, 2.45) is 0 Å². The summed E-state index contributed by atoms with van der Waals surface area (Å²) in [6.07, 6.45) is 0. The van der Waals surface area contributed by atoms with Gasteiger partial charge in [0.15, 0.2) is 0 Å². The Balaban J connectivity index is 1.33. The second-order valence-electron chi connectivity index (χ2n) is 9.48.